The van der Waals surface area contributed by atoms with E-state index in [0.717, 1.165) is 27.8 Å². The van der Waals surface area contributed by atoms with E-state index in [1.54, 1.807) is 24.5 Å². The molecule has 2 aromatic rings. The Morgan fingerprint density at radius 3 is 2.65 bits per heavy atom. The number of rotatable bonds is 6. The number of fused-ring (bicyclic) bond motifs is 1. The van der Waals surface area contributed by atoms with Gasteiger partial charge in [0.2, 0.25) is 10.0 Å². The lowest BCUT2D eigenvalue weighted by Crippen LogP contribution is -2.41. The second-order valence-electron chi connectivity index (χ2n) is 7.25. The van der Waals surface area contributed by atoms with E-state index in [2.05, 4.69) is 9.88 Å². The second kappa shape index (κ2) is 8.53. The SMILES string of the molecule is O=C(O)CN(c1ccc2c(c1)CCN2c1ccncc1)S(=O)(=O)C1C=C(Cl)C=C(Cl)C1. The summed E-state index contributed by atoms with van der Waals surface area (Å²) in [5, 5.41) is 8.87. The first-order valence-corrected chi connectivity index (χ1v) is 11.8. The molecule has 10 heteroatoms. The van der Waals surface area contributed by atoms with Crippen molar-refractivity contribution in [1.29, 1.82) is 0 Å². The lowest BCUT2D eigenvalue weighted by Gasteiger charge is -2.28. The Morgan fingerprint density at radius 2 is 1.97 bits per heavy atom. The number of carboxylic acid groups (broad SMARTS) is 1. The Bertz CT molecular complexity index is 1180. The summed E-state index contributed by atoms with van der Waals surface area (Å²) in [6.45, 7) is 0.0360. The van der Waals surface area contributed by atoms with Crippen molar-refractivity contribution in [2.45, 2.75) is 18.1 Å². The molecule has 2 aliphatic rings. The Hall–Kier alpha value is -2.55. The number of halogens is 2. The number of allylic oxidation sites excluding steroid dienone is 3. The summed E-state index contributed by atoms with van der Waals surface area (Å²) < 4.78 is 27.6. The van der Waals surface area contributed by atoms with Gasteiger partial charge in [0.05, 0.1) is 5.69 Å². The number of benzene rings is 1. The van der Waals surface area contributed by atoms with Crippen LogP contribution in [0.15, 0.2) is 64.9 Å². The molecular formula is C21H19Cl2N3O4S. The number of pyridine rings is 1. The molecule has 2 heterocycles. The van der Waals surface area contributed by atoms with E-state index in [0.29, 0.717) is 17.1 Å². The van der Waals surface area contributed by atoms with Crippen LogP contribution in [0, 0.1) is 0 Å². The predicted molar refractivity (Wildman–Crippen MR) is 122 cm³/mol. The van der Waals surface area contributed by atoms with Crippen LogP contribution in [0.4, 0.5) is 17.1 Å². The van der Waals surface area contributed by atoms with Crippen LogP contribution >= 0.6 is 23.2 Å². The fraction of sp³-hybridized carbons (Fsp3) is 0.238. The highest BCUT2D eigenvalue weighted by Gasteiger charge is 2.35. The molecule has 0 saturated carbocycles. The van der Waals surface area contributed by atoms with Gasteiger partial charge in [0, 0.05) is 46.8 Å². The first-order valence-electron chi connectivity index (χ1n) is 9.53. The summed E-state index contributed by atoms with van der Waals surface area (Å²) in [7, 11) is -4.08. The second-order valence-corrected chi connectivity index (χ2v) is 10.2. The fourth-order valence-electron chi connectivity index (χ4n) is 3.83. The molecule has 1 aliphatic heterocycles. The number of hydrogen-bond donors (Lipinski definition) is 1. The van der Waals surface area contributed by atoms with Crippen LogP contribution in [0.3, 0.4) is 0 Å². The van der Waals surface area contributed by atoms with Crippen molar-refractivity contribution in [3.63, 3.8) is 0 Å². The van der Waals surface area contributed by atoms with E-state index < -0.39 is 27.8 Å². The molecule has 1 aliphatic carbocycles. The van der Waals surface area contributed by atoms with Gasteiger partial charge in [-0.15, -0.1) is 0 Å². The number of nitrogens with zero attached hydrogens (tertiary/aromatic N) is 3. The van der Waals surface area contributed by atoms with Gasteiger partial charge in [-0.05, 0) is 54.5 Å². The summed E-state index contributed by atoms with van der Waals surface area (Å²) in [4.78, 5) is 17.7. The number of anilines is 3. The van der Waals surface area contributed by atoms with E-state index in [9.17, 15) is 18.3 Å². The smallest absolute Gasteiger partial charge is 0.324 e. The van der Waals surface area contributed by atoms with Gasteiger partial charge in [0.15, 0.2) is 0 Å². The molecule has 0 radical (unpaired) electrons. The first kappa shape index (κ1) is 21.7. The van der Waals surface area contributed by atoms with E-state index in [-0.39, 0.29) is 11.5 Å². The Balaban J connectivity index is 1.70. The number of carbonyl (C=O) groups is 1. The third-order valence-electron chi connectivity index (χ3n) is 5.23. The van der Waals surface area contributed by atoms with Crippen LogP contribution < -0.4 is 9.21 Å². The normalized spacial score (nSPS) is 18.3. The fourth-order valence-corrected chi connectivity index (χ4v) is 6.35. The topological polar surface area (TPSA) is 90.8 Å². The van der Waals surface area contributed by atoms with Gasteiger partial charge >= 0.3 is 5.97 Å². The molecule has 31 heavy (non-hydrogen) atoms. The Labute approximate surface area is 190 Å². The molecule has 0 amide bonds. The lowest BCUT2D eigenvalue weighted by atomic mass is 10.1. The van der Waals surface area contributed by atoms with Gasteiger partial charge in [-0.2, -0.15) is 0 Å². The standard InChI is InChI=1S/C21H19Cl2N3O4S/c22-15-10-16(23)12-19(11-15)31(29,30)26(13-21(27)28)18-1-2-20-14(9-18)5-8-25(20)17-3-6-24-7-4-17/h1-4,6-7,9-11,19H,5,8,12-13H2,(H,27,28). The summed E-state index contributed by atoms with van der Waals surface area (Å²) >= 11 is 12.1. The van der Waals surface area contributed by atoms with Gasteiger partial charge in [-0.3, -0.25) is 14.1 Å². The van der Waals surface area contributed by atoms with Crippen molar-refractivity contribution in [3.8, 4) is 0 Å². The summed E-state index contributed by atoms with van der Waals surface area (Å²) in [6, 6.07) is 8.99. The first-order chi connectivity index (χ1) is 14.8. The molecule has 0 fully saturated rings. The number of carboxylic acids is 1. The quantitative estimate of drug-likeness (QED) is 0.672. The molecule has 1 aromatic carbocycles. The minimum absolute atomic E-state index is 0.0387. The zero-order valence-corrected chi connectivity index (χ0v) is 18.6. The predicted octanol–water partition coefficient (Wildman–Crippen LogP) is 4.01. The van der Waals surface area contributed by atoms with Gasteiger partial charge in [-0.25, -0.2) is 8.42 Å². The summed E-state index contributed by atoms with van der Waals surface area (Å²) in [5.41, 5.74) is 3.18. The van der Waals surface area contributed by atoms with Crippen LogP contribution in [0.25, 0.3) is 0 Å². The van der Waals surface area contributed by atoms with Crippen molar-refractivity contribution >= 4 is 56.3 Å². The summed E-state index contributed by atoms with van der Waals surface area (Å²) in [6.07, 6.45) is 7.04. The highest BCUT2D eigenvalue weighted by molar-refractivity contribution is 7.93. The van der Waals surface area contributed by atoms with Crippen molar-refractivity contribution in [3.05, 3.63) is 70.5 Å². The van der Waals surface area contributed by atoms with Gasteiger partial charge < -0.3 is 10.0 Å². The van der Waals surface area contributed by atoms with Crippen LogP contribution in [-0.2, 0) is 21.2 Å². The molecule has 1 atom stereocenters. The Morgan fingerprint density at radius 1 is 1.23 bits per heavy atom. The van der Waals surface area contributed by atoms with Crippen LogP contribution in [0.2, 0.25) is 0 Å². The van der Waals surface area contributed by atoms with E-state index in [4.69, 9.17) is 23.2 Å². The molecule has 1 aromatic heterocycles. The number of hydrogen-bond acceptors (Lipinski definition) is 5. The molecule has 0 spiro atoms. The van der Waals surface area contributed by atoms with Crippen molar-refractivity contribution in [2.75, 3.05) is 22.3 Å². The number of aliphatic carboxylic acids is 1. The molecule has 1 unspecified atom stereocenters. The van der Waals surface area contributed by atoms with E-state index >= 15 is 0 Å². The van der Waals surface area contributed by atoms with Gasteiger partial charge in [0.25, 0.3) is 0 Å². The largest absolute Gasteiger partial charge is 0.480 e. The molecule has 4 rings (SSSR count). The average Bonchev–Trinajstić information content (AvgIpc) is 3.15. The zero-order valence-electron chi connectivity index (χ0n) is 16.3. The third-order valence-corrected chi connectivity index (χ3v) is 7.75. The van der Waals surface area contributed by atoms with E-state index in [1.165, 1.54) is 12.2 Å². The minimum atomic E-state index is -4.08. The van der Waals surface area contributed by atoms with Crippen LogP contribution in [0.1, 0.15) is 12.0 Å². The number of aromatic nitrogens is 1. The van der Waals surface area contributed by atoms with Gasteiger partial charge in [0.1, 0.15) is 11.8 Å². The maximum Gasteiger partial charge on any atom is 0.324 e. The Kier molecular flexibility index (Phi) is 5.96. The van der Waals surface area contributed by atoms with Crippen LogP contribution in [0.5, 0.6) is 0 Å². The maximum atomic E-state index is 13.4. The molecule has 1 N–H and O–H groups in total. The van der Waals surface area contributed by atoms with Crippen LogP contribution in [-0.4, -0.2) is 42.8 Å². The van der Waals surface area contributed by atoms with Crippen molar-refractivity contribution in [2.24, 2.45) is 0 Å². The zero-order chi connectivity index (χ0) is 22.2. The third kappa shape index (κ3) is 4.42. The van der Waals surface area contributed by atoms with Crippen molar-refractivity contribution in [1.82, 2.24) is 4.98 Å². The van der Waals surface area contributed by atoms with Crippen molar-refractivity contribution < 1.29 is 18.3 Å². The molecular weight excluding hydrogens is 461 g/mol. The number of sulfonamides is 1. The minimum Gasteiger partial charge on any atom is -0.480 e. The monoisotopic (exact) mass is 479 g/mol. The lowest BCUT2D eigenvalue weighted by molar-refractivity contribution is -0.135. The highest BCUT2D eigenvalue weighted by Crippen LogP contribution is 2.38. The van der Waals surface area contributed by atoms with Gasteiger partial charge in [-0.1, -0.05) is 23.2 Å². The summed E-state index contributed by atoms with van der Waals surface area (Å²) in [5.74, 6) is -1.25. The molecule has 0 saturated heterocycles. The van der Waals surface area contributed by atoms with E-state index in [1.807, 2.05) is 18.2 Å². The molecule has 162 valence electrons. The molecule has 7 nitrogen and oxygen atoms in total. The average molecular weight is 480 g/mol. The molecule has 0 bridgehead atoms. The maximum absolute atomic E-state index is 13.4. The highest BCUT2D eigenvalue weighted by atomic mass is 35.5.